The van der Waals surface area contributed by atoms with Gasteiger partial charge in [0.15, 0.2) is 0 Å². The number of aryl methyl sites for hydroxylation is 1. The van der Waals surface area contributed by atoms with E-state index in [-0.39, 0.29) is 11.8 Å². The van der Waals surface area contributed by atoms with Gasteiger partial charge in [0.05, 0.1) is 11.6 Å². The van der Waals surface area contributed by atoms with Gasteiger partial charge in [0, 0.05) is 17.9 Å². The van der Waals surface area contributed by atoms with Crippen molar-refractivity contribution in [2.24, 2.45) is 5.41 Å². The quantitative estimate of drug-likeness (QED) is 0.839. The van der Waals surface area contributed by atoms with E-state index in [1.54, 1.807) is 29.2 Å². The van der Waals surface area contributed by atoms with Crippen LogP contribution in [-0.4, -0.2) is 18.4 Å². The van der Waals surface area contributed by atoms with Crippen LogP contribution in [0, 0.1) is 23.7 Å². The topological polar surface area (TPSA) is 73.2 Å². The summed E-state index contributed by atoms with van der Waals surface area (Å²) in [4.78, 5) is 27.6. The molecule has 1 aliphatic carbocycles. The third kappa shape index (κ3) is 3.31. The maximum atomic E-state index is 13.1. The zero-order valence-electron chi connectivity index (χ0n) is 15.0. The molecule has 132 valence electrons. The first-order valence-corrected chi connectivity index (χ1v) is 8.70. The summed E-state index contributed by atoms with van der Waals surface area (Å²) in [6.45, 7) is 4.40. The van der Waals surface area contributed by atoms with E-state index in [4.69, 9.17) is 5.26 Å². The van der Waals surface area contributed by atoms with Crippen molar-refractivity contribution in [3.8, 4) is 6.07 Å². The molecule has 0 unspecified atom stereocenters. The van der Waals surface area contributed by atoms with Crippen molar-refractivity contribution in [2.75, 3.05) is 16.8 Å². The van der Waals surface area contributed by atoms with E-state index >= 15 is 0 Å². The van der Waals surface area contributed by atoms with Crippen LogP contribution in [0.5, 0.6) is 0 Å². The Morgan fingerprint density at radius 1 is 1.19 bits per heavy atom. The maximum absolute atomic E-state index is 13.1. The van der Waals surface area contributed by atoms with Gasteiger partial charge in [0.2, 0.25) is 11.8 Å². The molecule has 1 N–H and O–H groups in total. The smallest absolute Gasteiger partial charge is 0.242 e. The van der Waals surface area contributed by atoms with Gasteiger partial charge in [-0.2, -0.15) is 5.26 Å². The molecule has 26 heavy (non-hydrogen) atoms. The molecule has 0 saturated heterocycles. The predicted octanol–water partition coefficient (Wildman–Crippen LogP) is 3.64. The molecule has 0 atom stereocenters. The van der Waals surface area contributed by atoms with E-state index in [0.717, 1.165) is 11.3 Å². The van der Waals surface area contributed by atoms with Gasteiger partial charge in [-0.25, -0.2) is 0 Å². The van der Waals surface area contributed by atoms with Gasteiger partial charge in [0.25, 0.3) is 0 Å². The number of carbonyl (C=O) groups is 2. The molecular weight excluding hydrogens is 326 g/mol. The van der Waals surface area contributed by atoms with Crippen molar-refractivity contribution < 1.29 is 9.59 Å². The summed E-state index contributed by atoms with van der Waals surface area (Å²) in [5.41, 5.74) is 2.01. The standard InChI is InChI=1S/C21H21N3O2/c1-3-24(18-6-4-5-15(2)13-18)20(26)21(11-12-21)19(25)23-17-9-7-16(14-22)8-10-17/h4-10,13H,3,11-12H2,1-2H3,(H,23,25). The fourth-order valence-electron chi connectivity index (χ4n) is 3.04. The lowest BCUT2D eigenvalue weighted by atomic mass is 10.0. The van der Waals surface area contributed by atoms with Gasteiger partial charge in [0.1, 0.15) is 5.41 Å². The minimum Gasteiger partial charge on any atom is -0.325 e. The minimum atomic E-state index is -0.992. The Labute approximate surface area is 153 Å². The summed E-state index contributed by atoms with van der Waals surface area (Å²) >= 11 is 0. The first-order chi connectivity index (χ1) is 12.5. The number of amides is 2. The number of carbonyl (C=O) groups excluding carboxylic acids is 2. The van der Waals surface area contributed by atoms with Gasteiger partial charge in [-0.3, -0.25) is 9.59 Å². The first-order valence-electron chi connectivity index (χ1n) is 8.70. The van der Waals surface area contributed by atoms with Crippen molar-refractivity contribution in [3.05, 3.63) is 59.7 Å². The first kappa shape index (κ1) is 17.7. The monoisotopic (exact) mass is 347 g/mol. The molecule has 0 radical (unpaired) electrons. The Morgan fingerprint density at radius 3 is 2.42 bits per heavy atom. The van der Waals surface area contributed by atoms with Crippen molar-refractivity contribution in [1.29, 1.82) is 5.26 Å². The number of nitriles is 1. The Balaban J connectivity index is 1.78. The van der Waals surface area contributed by atoms with Crippen molar-refractivity contribution in [3.63, 3.8) is 0 Å². The van der Waals surface area contributed by atoms with Crippen molar-refractivity contribution >= 4 is 23.2 Å². The Kier molecular flexibility index (Phi) is 4.77. The van der Waals surface area contributed by atoms with E-state index < -0.39 is 5.41 Å². The average Bonchev–Trinajstić information content (AvgIpc) is 3.45. The number of benzene rings is 2. The van der Waals surface area contributed by atoms with Crippen LogP contribution in [-0.2, 0) is 9.59 Å². The lowest BCUT2D eigenvalue weighted by molar-refractivity contribution is -0.132. The molecule has 0 spiro atoms. The van der Waals surface area contributed by atoms with Crippen LogP contribution in [0.2, 0.25) is 0 Å². The second-order valence-electron chi connectivity index (χ2n) is 6.61. The molecule has 3 rings (SSSR count). The van der Waals surface area contributed by atoms with Crippen LogP contribution in [0.3, 0.4) is 0 Å². The Bertz CT molecular complexity index is 877. The lowest BCUT2D eigenvalue weighted by Gasteiger charge is -2.26. The zero-order valence-corrected chi connectivity index (χ0v) is 15.0. The summed E-state index contributed by atoms with van der Waals surface area (Å²) in [5.74, 6) is -0.435. The summed E-state index contributed by atoms with van der Waals surface area (Å²) in [6, 6.07) is 16.4. The molecule has 1 fully saturated rings. The summed E-state index contributed by atoms with van der Waals surface area (Å²) in [7, 11) is 0. The Morgan fingerprint density at radius 2 is 1.88 bits per heavy atom. The van der Waals surface area contributed by atoms with Crippen LogP contribution in [0.4, 0.5) is 11.4 Å². The fraction of sp³-hybridized carbons (Fsp3) is 0.286. The normalized spacial score (nSPS) is 14.2. The number of hydrogen-bond acceptors (Lipinski definition) is 3. The van der Waals surface area contributed by atoms with E-state index in [9.17, 15) is 9.59 Å². The van der Waals surface area contributed by atoms with E-state index in [0.29, 0.717) is 30.6 Å². The third-order valence-corrected chi connectivity index (χ3v) is 4.74. The Hall–Kier alpha value is -3.13. The van der Waals surface area contributed by atoms with Crippen LogP contribution < -0.4 is 10.2 Å². The highest BCUT2D eigenvalue weighted by atomic mass is 16.2. The van der Waals surface area contributed by atoms with Crippen molar-refractivity contribution in [1.82, 2.24) is 0 Å². The van der Waals surface area contributed by atoms with Gasteiger partial charge in [-0.05, 0) is 68.7 Å². The number of nitrogens with one attached hydrogen (secondary N) is 1. The molecule has 1 saturated carbocycles. The summed E-state index contributed by atoms with van der Waals surface area (Å²) < 4.78 is 0. The number of hydrogen-bond donors (Lipinski definition) is 1. The molecule has 0 heterocycles. The SMILES string of the molecule is CCN(C(=O)C1(C(=O)Nc2ccc(C#N)cc2)CC1)c1cccc(C)c1. The second kappa shape index (κ2) is 7.01. The van der Waals surface area contributed by atoms with Gasteiger partial charge >= 0.3 is 0 Å². The highest BCUT2D eigenvalue weighted by molar-refractivity contribution is 6.17. The molecule has 2 aromatic carbocycles. The van der Waals surface area contributed by atoms with E-state index in [2.05, 4.69) is 5.32 Å². The molecule has 5 nitrogen and oxygen atoms in total. The summed E-state index contributed by atoms with van der Waals surface area (Å²) in [6.07, 6.45) is 1.10. The average molecular weight is 347 g/mol. The van der Waals surface area contributed by atoms with E-state index in [1.165, 1.54) is 0 Å². The molecule has 0 aromatic heterocycles. The number of nitrogens with zero attached hydrogens (tertiary/aromatic N) is 2. The van der Waals surface area contributed by atoms with Gasteiger partial charge in [-0.1, -0.05) is 12.1 Å². The predicted molar refractivity (Wildman–Crippen MR) is 101 cm³/mol. The maximum Gasteiger partial charge on any atom is 0.242 e. The van der Waals surface area contributed by atoms with Crippen LogP contribution >= 0.6 is 0 Å². The molecule has 0 bridgehead atoms. The molecule has 2 aromatic rings. The second-order valence-corrected chi connectivity index (χ2v) is 6.61. The number of rotatable bonds is 5. The molecular formula is C21H21N3O2. The minimum absolute atomic E-state index is 0.156. The zero-order chi connectivity index (χ0) is 18.7. The summed E-state index contributed by atoms with van der Waals surface area (Å²) in [5, 5.41) is 11.7. The fourth-order valence-corrected chi connectivity index (χ4v) is 3.04. The molecule has 2 amide bonds. The molecule has 1 aliphatic rings. The van der Waals surface area contributed by atoms with Crippen LogP contribution in [0.15, 0.2) is 48.5 Å². The molecule has 5 heteroatoms. The number of anilines is 2. The lowest BCUT2D eigenvalue weighted by Crippen LogP contribution is -2.43. The highest BCUT2D eigenvalue weighted by Gasteiger charge is 2.58. The van der Waals surface area contributed by atoms with Crippen LogP contribution in [0.25, 0.3) is 0 Å². The highest BCUT2D eigenvalue weighted by Crippen LogP contribution is 2.48. The largest absolute Gasteiger partial charge is 0.325 e. The van der Waals surface area contributed by atoms with Gasteiger partial charge < -0.3 is 10.2 Å². The molecule has 0 aliphatic heterocycles. The van der Waals surface area contributed by atoms with Gasteiger partial charge in [-0.15, -0.1) is 0 Å². The van der Waals surface area contributed by atoms with E-state index in [1.807, 2.05) is 44.2 Å². The third-order valence-electron chi connectivity index (χ3n) is 4.74. The van der Waals surface area contributed by atoms with Crippen molar-refractivity contribution in [2.45, 2.75) is 26.7 Å². The van der Waals surface area contributed by atoms with Crippen LogP contribution in [0.1, 0.15) is 30.9 Å².